The van der Waals surface area contributed by atoms with Crippen molar-refractivity contribution in [2.45, 2.75) is 32.9 Å². The Morgan fingerprint density at radius 1 is 1.12 bits per heavy atom. The summed E-state index contributed by atoms with van der Waals surface area (Å²) in [6.07, 6.45) is 2.38. The van der Waals surface area contributed by atoms with Gasteiger partial charge in [-0.05, 0) is 44.0 Å². The van der Waals surface area contributed by atoms with Crippen molar-refractivity contribution >= 4 is 27.9 Å². The number of unbranched alkanes of at least 4 members (excludes halogenated alkanes) is 1. The van der Waals surface area contributed by atoms with Gasteiger partial charge in [0.2, 0.25) is 5.43 Å². The number of halogens is 2. The highest BCUT2D eigenvalue weighted by Gasteiger charge is 2.20. The molecule has 32 heavy (non-hydrogen) atoms. The van der Waals surface area contributed by atoms with Gasteiger partial charge >= 0.3 is 5.97 Å². The number of aryl methyl sites for hydroxylation is 1. The Morgan fingerprint density at radius 2 is 1.94 bits per heavy atom. The van der Waals surface area contributed by atoms with E-state index in [1.54, 1.807) is 6.92 Å². The smallest absolute Gasteiger partial charge is 0.343 e. The van der Waals surface area contributed by atoms with Crippen molar-refractivity contribution in [2.75, 3.05) is 13.3 Å². The van der Waals surface area contributed by atoms with Crippen molar-refractivity contribution in [2.24, 2.45) is 0 Å². The van der Waals surface area contributed by atoms with Gasteiger partial charge < -0.3 is 13.9 Å². The summed E-state index contributed by atoms with van der Waals surface area (Å²) in [6.45, 7) is 2.03. The highest BCUT2D eigenvalue weighted by Crippen LogP contribution is 2.21. The highest BCUT2D eigenvalue weighted by atomic mass is 19.1. The monoisotopic (exact) mass is 439 g/mol. The summed E-state index contributed by atoms with van der Waals surface area (Å²) in [5, 5.41) is 0.0932. The molecule has 2 heterocycles. The van der Waals surface area contributed by atoms with Gasteiger partial charge in [0.05, 0.1) is 36.4 Å². The van der Waals surface area contributed by atoms with Crippen LogP contribution in [0.4, 0.5) is 8.78 Å². The fraction of sp³-hybridized carbons (Fsp3) is 0.292. The maximum absolute atomic E-state index is 14.8. The molecular weight excluding hydrogens is 416 g/mol. The molecule has 0 atom stereocenters. The Hall–Kier alpha value is -3.55. The third-order valence-electron chi connectivity index (χ3n) is 5.35. The molecule has 0 amide bonds. The number of nitrogens with zero attached hydrogens (tertiary/aromatic N) is 3. The summed E-state index contributed by atoms with van der Waals surface area (Å²) in [4.78, 5) is 29.9. The van der Waals surface area contributed by atoms with E-state index in [9.17, 15) is 18.4 Å². The van der Waals surface area contributed by atoms with Crippen molar-refractivity contribution in [3.8, 4) is 0 Å². The molecule has 0 aliphatic carbocycles. The number of pyridine rings is 1. The number of ether oxygens (including phenoxy) is 1. The molecule has 0 saturated heterocycles. The van der Waals surface area contributed by atoms with Crippen LogP contribution in [-0.4, -0.2) is 33.4 Å². The van der Waals surface area contributed by atoms with Crippen molar-refractivity contribution in [3.63, 3.8) is 0 Å². The average molecular weight is 439 g/mol. The molecule has 0 spiro atoms. The normalized spacial score (nSPS) is 11.3. The fourth-order valence-corrected chi connectivity index (χ4v) is 3.91. The molecule has 6 nitrogen and oxygen atoms in total. The van der Waals surface area contributed by atoms with Crippen molar-refractivity contribution in [3.05, 3.63) is 76.1 Å². The first-order chi connectivity index (χ1) is 15.5. The van der Waals surface area contributed by atoms with E-state index >= 15 is 0 Å². The fourth-order valence-electron chi connectivity index (χ4n) is 3.91. The van der Waals surface area contributed by atoms with Crippen LogP contribution in [0.15, 0.2) is 53.5 Å². The van der Waals surface area contributed by atoms with Crippen LogP contribution < -0.4 is 5.43 Å². The zero-order chi connectivity index (χ0) is 22.7. The minimum Gasteiger partial charge on any atom is -0.462 e. The third kappa shape index (κ3) is 4.00. The maximum Gasteiger partial charge on any atom is 0.343 e. The molecule has 0 N–H and O–H groups in total. The van der Waals surface area contributed by atoms with Gasteiger partial charge in [-0.25, -0.2) is 14.2 Å². The van der Waals surface area contributed by atoms with Crippen LogP contribution in [0, 0.1) is 5.82 Å². The number of esters is 1. The molecule has 4 aromatic rings. The van der Waals surface area contributed by atoms with Crippen LogP contribution in [-0.2, 0) is 17.8 Å². The van der Waals surface area contributed by atoms with E-state index in [0.29, 0.717) is 25.2 Å². The van der Waals surface area contributed by atoms with Gasteiger partial charge in [-0.15, -0.1) is 0 Å². The van der Waals surface area contributed by atoms with Crippen molar-refractivity contribution < 1.29 is 18.3 Å². The van der Waals surface area contributed by atoms with Gasteiger partial charge in [0, 0.05) is 18.1 Å². The van der Waals surface area contributed by atoms with Gasteiger partial charge in [-0.1, -0.05) is 18.2 Å². The average Bonchev–Trinajstić information content (AvgIpc) is 3.13. The number of carbonyl (C=O) groups is 1. The second-order valence-corrected chi connectivity index (χ2v) is 7.42. The number of aromatic nitrogens is 3. The first-order valence-corrected chi connectivity index (χ1v) is 10.5. The zero-order valence-corrected chi connectivity index (χ0v) is 17.7. The van der Waals surface area contributed by atoms with Gasteiger partial charge in [0.15, 0.2) is 0 Å². The molecule has 0 saturated carbocycles. The van der Waals surface area contributed by atoms with E-state index in [-0.39, 0.29) is 29.6 Å². The second-order valence-electron chi connectivity index (χ2n) is 7.42. The summed E-state index contributed by atoms with van der Waals surface area (Å²) in [6, 6.07) is 11.8. The highest BCUT2D eigenvalue weighted by molar-refractivity contribution is 5.94. The van der Waals surface area contributed by atoms with E-state index in [1.807, 2.05) is 28.8 Å². The quantitative estimate of drug-likeness (QED) is 0.300. The number of para-hydroxylation sites is 3. The Morgan fingerprint density at radius 3 is 2.72 bits per heavy atom. The molecule has 4 rings (SSSR count). The van der Waals surface area contributed by atoms with E-state index in [1.165, 1.54) is 29.0 Å². The van der Waals surface area contributed by atoms with Crippen molar-refractivity contribution in [1.29, 1.82) is 0 Å². The third-order valence-corrected chi connectivity index (χ3v) is 5.35. The summed E-state index contributed by atoms with van der Waals surface area (Å²) in [7, 11) is 0. The molecule has 0 unspecified atom stereocenters. The molecule has 2 aromatic carbocycles. The summed E-state index contributed by atoms with van der Waals surface area (Å²) in [5.74, 6) is -0.711. The summed E-state index contributed by atoms with van der Waals surface area (Å²) < 4.78 is 36.0. The molecule has 0 radical (unpaired) electrons. The Balaban J connectivity index is 1.88. The van der Waals surface area contributed by atoms with E-state index in [2.05, 4.69) is 4.98 Å². The molecule has 0 fully saturated rings. The number of fused-ring (bicyclic) bond motifs is 2. The van der Waals surface area contributed by atoms with E-state index in [0.717, 1.165) is 11.0 Å². The lowest BCUT2D eigenvalue weighted by atomic mass is 10.1. The Labute approximate surface area is 183 Å². The number of hydrogen-bond donors (Lipinski definition) is 0. The van der Waals surface area contributed by atoms with Crippen LogP contribution in [0.2, 0.25) is 0 Å². The summed E-state index contributed by atoms with van der Waals surface area (Å²) >= 11 is 0. The van der Waals surface area contributed by atoms with Crippen LogP contribution in [0.1, 0.15) is 35.9 Å². The number of imidazole rings is 1. The molecule has 0 aliphatic rings. The van der Waals surface area contributed by atoms with Crippen LogP contribution in [0.3, 0.4) is 0 Å². The molecule has 8 heteroatoms. The lowest BCUT2D eigenvalue weighted by Gasteiger charge is -2.15. The predicted molar refractivity (Wildman–Crippen MR) is 118 cm³/mol. The van der Waals surface area contributed by atoms with Crippen LogP contribution in [0.5, 0.6) is 0 Å². The summed E-state index contributed by atoms with van der Waals surface area (Å²) in [5.41, 5.74) is 1.00. The van der Waals surface area contributed by atoms with Gasteiger partial charge in [0.25, 0.3) is 0 Å². The number of rotatable bonds is 8. The first-order valence-electron chi connectivity index (χ1n) is 10.5. The molecule has 166 valence electrons. The number of carbonyl (C=O) groups excluding carboxylic acids is 1. The first kappa shape index (κ1) is 21.7. The topological polar surface area (TPSA) is 66.1 Å². The zero-order valence-electron chi connectivity index (χ0n) is 17.7. The number of hydrogen-bond acceptors (Lipinski definition) is 4. The SMILES string of the molecule is CCOC(=O)c1cn(Cc2nc3ccccc3n2CCCCF)c2c(F)cccc2c1=O. The van der Waals surface area contributed by atoms with Gasteiger partial charge in [-0.2, -0.15) is 0 Å². The lowest BCUT2D eigenvalue weighted by Crippen LogP contribution is -2.22. The molecule has 0 aliphatic heterocycles. The predicted octanol–water partition coefficient (Wildman–Crippen LogP) is 4.47. The minimum absolute atomic E-state index is 0.0907. The van der Waals surface area contributed by atoms with Gasteiger partial charge in [0.1, 0.15) is 17.2 Å². The number of benzene rings is 2. The minimum atomic E-state index is -0.756. The van der Waals surface area contributed by atoms with Crippen LogP contribution >= 0.6 is 0 Å². The Kier molecular flexibility index (Phi) is 6.30. The Bertz CT molecular complexity index is 1340. The van der Waals surface area contributed by atoms with Crippen molar-refractivity contribution in [1.82, 2.24) is 14.1 Å². The van der Waals surface area contributed by atoms with E-state index < -0.39 is 23.9 Å². The largest absolute Gasteiger partial charge is 0.462 e. The molecule has 2 aromatic heterocycles. The lowest BCUT2D eigenvalue weighted by molar-refractivity contribution is 0.0524. The van der Waals surface area contributed by atoms with Gasteiger partial charge in [-0.3, -0.25) is 9.18 Å². The maximum atomic E-state index is 14.8. The number of alkyl halides is 1. The standard InChI is InChI=1S/C24H23F2N3O3/c1-2-32-24(31)17-14-28(22-16(23(17)30)8-7-9-18(22)26)15-21-27-19-10-3-4-11-20(19)29(21)13-6-5-12-25/h3-4,7-11,14H,2,5-6,12-13,15H2,1H3. The molecule has 0 bridgehead atoms. The van der Waals surface area contributed by atoms with E-state index in [4.69, 9.17) is 4.74 Å². The molecular formula is C24H23F2N3O3. The second kappa shape index (κ2) is 9.30. The van der Waals surface area contributed by atoms with Crippen LogP contribution in [0.25, 0.3) is 21.9 Å².